The van der Waals surface area contributed by atoms with Gasteiger partial charge < -0.3 is 10.4 Å². The zero-order valence-electron chi connectivity index (χ0n) is 14.3. The molecule has 2 aromatic rings. The van der Waals surface area contributed by atoms with Crippen molar-refractivity contribution in [2.75, 3.05) is 6.61 Å². The monoisotopic (exact) mass is 425 g/mol. The number of carbonyl (C=O) groups excluding carboxylic acids is 1. The van der Waals surface area contributed by atoms with Crippen molar-refractivity contribution < 1.29 is 9.90 Å². The Labute approximate surface area is 168 Å². The molecule has 2 N–H and O–H groups in total. The van der Waals surface area contributed by atoms with Crippen molar-refractivity contribution in [3.8, 4) is 11.3 Å². The Bertz CT molecular complexity index is 986. The number of amides is 1. The van der Waals surface area contributed by atoms with E-state index in [1.54, 1.807) is 48.7 Å². The number of hydrogen-bond acceptors (Lipinski definition) is 4. The van der Waals surface area contributed by atoms with Crippen molar-refractivity contribution in [2.24, 2.45) is 0 Å². The highest BCUT2D eigenvalue weighted by atomic mass is 35.5. The van der Waals surface area contributed by atoms with Crippen molar-refractivity contribution in [2.45, 2.75) is 13.0 Å². The highest BCUT2D eigenvalue weighted by molar-refractivity contribution is 8.22. The number of nitrogens with zero attached hydrogens (tertiary/aromatic N) is 2. The second-order valence-electron chi connectivity index (χ2n) is 5.88. The Hall–Kier alpha value is -2.06. The quantitative estimate of drug-likeness (QED) is 0.642. The highest BCUT2D eigenvalue weighted by Gasteiger charge is 2.22. The van der Waals surface area contributed by atoms with Gasteiger partial charge in [0, 0.05) is 16.6 Å². The highest BCUT2D eigenvalue weighted by Crippen LogP contribution is 2.43. The molecule has 1 amide bonds. The molecular formula is C18H17Cl2N3O3S. The first kappa shape index (κ1) is 19.7. The number of hydrogen-bond donors (Lipinski definition) is 3. The van der Waals surface area contributed by atoms with Gasteiger partial charge in [-0.25, -0.2) is 0 Å². The zero-order valence-corrected chi connectivity index (χ0v) is 16.7. The van der Waals surface area contributed by atoms with Crippen LogP contribution in [-0.4, -0.2) is 32.8 Å². The fraction of sp³-hybridized carbons (Fsp3) is 0.167. The molecule has 0 saturated heterocycles. The van der Waals surface area contributed by atoms with E-state index < -0.39 is 28.6 Å². The van der Waals surface area contributed by atoms with Gasteiger partial charge in [0.2, 0.25) is 0 Å². The Kier molecular flexibility index (Phi) is 6.06. The van der Waals surface area contributed by atoms with Gasteiger partial charge in [-0.15, -0.1) is 0 Å². The fourth-order valence-electron chi connectivity index (χ4n) is 2.41. The van der Waals surface area contributed by atoms with Crippen LogP contribution in [0.4, 0.5) is 0 Å². The van der Waals surface area contributed by atoms with Crippen LogP contribution in [0, 0.1) is 0 Å². The fourth-order valence-corrected chi connectivity index (χ4v) is 4.42. The van der Waals surface area contributed by atoms with Gasteiger partial charge in [-0.3, -0.25) is 9.59 Å². The van der Waals surface area contributed by atoms with Gasteiger partial charge in [-0.05, 0) is 36.6 Å². The first-order valence-electron chi connectivity index (χ1n) is 8.06. The van der Waals surface area contributed by atoms with E-state index in [0.717, 1.165) is 0 Å². The molecule has 1 aromatic heterocycles. The number of thiol groups is 1. The van der Waals surface area contributed by atoms with E-state index in [-0.39, 0.29) is 12.2 Å². The van der Waals surface area contributed by atoms with Gasteiger partial charge in [0.25, 0.3) is 11.5 Å². The summed E-state index contributed by atoms with van der Waals surface area (Å²) in [5, 5.41) is 18.5. The molecule has 6 nitrogen and oxygen atoms in total. The van der Waals surface area contributed by atoms with Crippen LogP contribution in [0.3, 0.4) is 0 Å². The number of carbonyl (C=O) groups is 1. The van der Waals surface area contributed by atoms with Gasteiger partial charge in [-0.1, -0.05) is 52.5 Å². The maximum Gasteiger partial charge on any atom is 0.289 e. The summed E-state index contributed by atoms with van der Waals surface area (Å²) in [5.74, 6) is -0.578. The minimum Gasteiger partial charge on any atom is -0.394 e. The molecule has 1 aliphatic rings. The molecule has 0 fully saturated rings. The second-order valence-corrected chi connectivity index (χ2v) is 8.83. The number of aliphatic hydroxyl groups excluding tert-OH is 1. The maximum atomic E-state index is 12.9. The molecule has 2 heterocycles. The topological polar surface area (TPSA) is 84.2 Å². The van der Waals surface area contributed by atoms with Crippen LogP contribution < -0.4 is 10.9 Å². The zero-order chi connectivity index (χ0) is 19.6. The third-order valence-corrected chi connectivity index (χ3v) is 6.43. The standard InChI is InChI=1S/C18H17Cl2N3O3S/c1-11(10-24)21-17(25)14-9-15(12-4-6-13(19)7-5-12)22-23(18(14)26)27-8-2-3-16(27)20/h2-9,11,24,27H,10H2,1H3,(H,21,25)/t11-/m0/s1. The summed E-state index contributed by atoms with van der Waals surface area (Å²) in [4.78, 5) is 25.5. The number of halogens is 2. The Morgan fingerprint density at radius 3 is 2.63 bits per heavy atom. The molecule has 0 spiro atoms. The number of allylic oxidation sites excluding steroid dienone is 2. The first-order valence-corrected chi connectivity index (χ1v) is 10.2. The summed E-state index contributed by atoms with van der Waals surface area (Å²) in [6, 6.07) is 7.87. The van der Waals surface area contributed by atoms with Crippen molar-refractivity contribution in [3.05, 3.63) is 73.2 Å². The van der Waals surface area contributed by atoms with Gasteiger partial charge >= 0.3 is 0 Å². The van der Waals surface area contributed by atoms with Gasteiger partial charge in [0.05, 0.1) is 16.7 Å². The minimum atomic E-state index is -1.32. The number of aromatic nitrogens is 2. The largest absolute Gasteiger partial charge is 0.394 e. The van der Waals surface area contributed by atoms with E-state index in [1.807, 2.05) is 0 Å². The molecule has 0 bridgehead atoms. The summed E-state index contributed by atoms with van der Waals surface area (Å²) in [6.45, 7) is 1.40. The second kappa shape index (κ2) is 8.31. The van der Waals surface area contributed by atoms with Crippen LogP contribution in [-0.2, 0) is 0 Å². The number of rotatable bonds is 5. The van der Waals surface area contributed by atoms with Crippen LogP contribution in [0.1, 0.15) is 17.3 Å². The number of benzene rings is 1. The van der Waals surface area contributed by atoms with E-state index in [0.29, 0.717) is 20.6 Å². The Balaban J connectivity index is 2.14. The molecule has 1 aromatic carbocycles. The summed E-state index contributed by atoms with van der Waals surface area (Å²) >= 11 is 10.8. The van der Waals surface area contributed by atoms with Crippen molar-refractivity contribution in [1.29, 1.82) is 0 Å². The van der Waals surface area contributed by atoms with E-state index in [9.17, 15) is 9.59 Å². The van der Waals surface area contributed by atoms with Crippen LogP contribution in [0.2, 0.25) is 5.02 Å². The summed E-state index contributed by atoms with van der Waals surface area (Å²) in [7, 11) is 0. The lowest BCUT2D eigenvalue weighted by Gasteiger charge is -2.18. The third kappa shape index (κ3) is 4.27. The Morgan fingerprint density at radius 1 is 1.33 bits per heavy atom. The molecule has 1 aliphatic heterocycles. The van der Waals surface area contributed by atoms with E-state index in [4.69, 9.17) is 28.3 Å². The lowest BCUT2D eigenvalue weighted by molar-refractivity contribution is 0.0920. The molecule has 1 unspecified atom stereocenters. The molecule has 0 aliphatic carbocycles. The smallest absolute Gasteiger partial charge is 0.289 e. The van der Waals surface area contributed by atoms with E-state index >= 15 is 0 Å². The average Bonchev–Trinajstić information content (AvgIpc) is 3.08. The van der Waals surface area contributed by atoms with Crippen LogP contribution in [0.5, 0.6) is 0 Å². The normalized spacial score (nSPS) is 18.2. The molecule has 0 radical (unpaired) electrons. The molecular weight excluding hydrogens is 409 g/mol. The third-order valence-electron chi connectivity index (χ3n) is 3.82. The lowest BCUT2D eigenvalue weighted by Crippen LogP contribution is -2.39. The van der Waals surface area contributed by atoms with Crippen molar-refractivity contribution >= 4 is 40.2 Å². The summed E-state index contributed by atoms with van der Waals surface area (Å²) in [6.07, 6.45) is 3.45. The first-order chi connectivity index (χ1) is 12.9. The van der Waals surface area contributed by atoms with Gasteiger partial charge in [-0.2, -0.15) is 9.19 Å². The van der Waals surface area contributed by atoms with Crippen molar-refractivity contribution in [3.63, 3.8) is 0 Å². The van der Waals surface area contributed by atoms with Crippen LogP contribution >= 0.6 is 34.3 Å². The number of aliphatic hydroxyl groups is 1. The van der Waals surface area contributed by atoms with Gasteiger partial charge in [0.1, 0.15) is 5.56 Å². The molecule has 9 heteroatoms. The predicted octanol–water partition coefficient (Wildman–Crippen LogP) is 3.05. The maximum absolute atomic E-state index is 12.9. The average molecular weight is 426 g/mol. The molecule has 2 atom stereocenters. The Morgan fingerprint density at radius 2 is 2.04 bits per heavy atom. The van der Waals surface area contributed by atoms with Gasteiger partial charge in [0.15, 0.2) is 0 Å². The predicted molar refractivity (Wildman–Crippen MR) is 110 cm³/mol. The number of nitrogens with one attached hydrogen (secondary N) is 1. The van der Waals surface area contributed by atoms with Crippen molar-refractivity contribution in [1.82, 2.24) is 14.5 Å². The SMILES string of the molecule is C[C@@H](CO)NC(=O)c1cc(-c2ccc(Cl)cc2)nn([SH]2C=CC=C2Cl)c1=O. The summed E-state index contributed by atoms with van der Waals surface area (Å²) in [5.41, 5.74) is 0.540. The van der Waals surface area contributed by atoms with Crippen LogP contribution in [0.15, 0.2) is 57.1 Å². The van der Waals surface area contributed by atoms with E-state index in [2.05, 4.69) is 10.4 Å². The van der Waals surface area contributed by atoms with Crippen LogP contribution in [0.25, 0.3) is 11.3 Å². The molecule has 3 rings (SSSR count). The molecule has 27 heavy (non-hydrogen) atoms. The molecule has 0 saturated carbocycles. The molecule has 142 valence electrons. The van der Waals surface area contributed by atoms with E-state index in [1.165, 1.54) is 10.2 Å². The summed E-state index contributed by atoms with van der Waals surface area (Å²) < 4.78 is 1.74. The minimum absolute atomic E-state index is 0.0671. The lowest BCUT2D eigenvalue weighted by atomic mass is 10.1.